The lowest BCUT2D eigenvalue weighted by molar-refractivity contribution is 0.101. The van der Waals surface area contributed by atoms with Crippen molar-refractivity contribution in [3.63, 3.8) is 0 Å². The second kappa shape index (κ2) is 6.95. The van der Waals surface area contributed by atoms with Gasteiger partial charge in [0.1, 0.15) is 11.5 Å². The van der Waals surface area contributed by atoms with Gasteiger partial charge in [-0.15, -0.1) is 0 Å². The van der Waals surface area contributed by atoms with Crippen molar-refractivity contribution in [3.05, 3.63) is 70.0 Å². The first-order chi connectivity index (χ1) is 11.5. The maximum Gasteiger partial charge on any atom is 0.277 e. The number of carbonyl (C=O) groups excluding carboxylic acids is 1. The number of benzene rings is 2. The lowest BCUT2D eigenvalue weighted by atomic mass is 10.2. The Morgan fingerprint density at radius 1 is 1.08 bits per heavy atom. The first-order valence-electron chi connectivity index (χ1n) is 6.99. The van der Waals surface area contributed by atoms with Gasteiger partial charge in [0, 0.05) is 16.1 Å². The summed E-state index contributed by atoms with van der Waals surface area (Å²) < 4.78 is 10.7. The molecule has 0 aliphatic rings. The van der Waals surface area contributed by atoms with Crippen LogP contribution in [0.5, 0.6) is 11.5 Å². The molecule has 0 unspecified atom stereocenters. The maximum absolute atomic E-state index is 12.2. The molecule has 3 rings (SSSR count). The lowest BCUT2D eigenvalue weighted by Crippen LogP contribution is -2.12. The van der Waals surface area contributed by atoms with Gasteiger partial charge in [-0.3, -0.25) is 4.79 Å². The van der Waals surface area contributed by atoms with Crippen LogP contribution in [-0.2, 0) is 0 Å². The van der Waals surface area contributed by atoms with Gasteiger partial charge in [0.05, 0.1) is 5.69 Å². The average Bonchev–Trinajstić information content (AvgIpc) is 2.99. The van der Waals surface area contributed by atoms with E-state index in [0.717, 1.165) is 0 Å². The van der Waals surface area contributed by atoms with Gasteiger partial charge in [0.25, 0.3) is 5.91 Å². The SMILES string of the molecule is Cc1cc(C(=O)Nc2cc(Cl)ccc2Oc2ccc(Cl)cc2)no1. The molecular formula is C17H12Cl2N2O3. The number of hydrogen-bond acceptors (Lipinski definition) is 4. The van der Waals surface area contributed by atoms with Gasteiger partial charge in [-0.25, -0.2) is 0 Å². The minimum Gasteiger partial charge on any atom is -0.455 e. The molecule has 0 bridgehead atoms. The van der Waals surface area contributed by atoms with Crippen molar-refractivity contribution in [3.8, 4) is 11.5 Å². The number of nitrogens with one attached hydrogen (secondary N) is 1. The molecule has 2 aromatic carbocycles. The highest BCUT2D eigenvalue weighted by Gasteiger charge is 2.14. The molecular weight excluding hydrogens is 351 g/mol. The average molecular weight is 363 g/mol. The quantitative estimate of drug-likeness (QED) is 0.680. The van der Waals surface area contributed by atoms with Crippen LogP contribution >= 0.6 is 23.2 Å². The summed E-state index contributed by atoms with van der Waals surface area (Å²) in [7, 11) is 0. The number of amides is 1. The number of ether oxygens (including phenoxy) is 1. The van der Waals surface area contributed by atoms with Crippen LogP contribution in [0.1, 0.15) is 16.2 Å². The standard InChI is InChI=1S/C17H12Cl2N2O3/c1-10-8-15(21-24-10)17(22)20-14-9-12(19)4-7-16(14)23-13-5-2-11(18)3-6-13/h2-9H,1H3,(H,20,22). The van der Waals surface area contributed by atoms with E-state index in [1.807, 2.05) is 0 Å². The molecule has 1 N–H and O–H groups in total. The minimum absolute atomic E-state index is 0.171. The molecule has 24 heavy (non-hydrogen) atoms. The summed E-state index contributed by atoms with van der Waals surface area (Å²) in [4.78, 5) is 12.2. The Kier molecular flexibility index (Phi) is 4.74. The Morgan fingerprint density at radius 2 is 1.79 bits per heavy atom. The normalized spacial score (nSPS) is 10.5. The highest BCUT2D eigenvalue weighted by Crippen LogP contribution is 2.32. The Bertz CT molecular complexity index is 876. The second-order valence-corrected chi connectivity index (χ2v) is 5.85. The molecule has 1 heterocycles. The van der Waals surface area contributed by atoms with Crippen molar-refractivity contribution in [2.24, 2.45) is 0 Å². The fourth-order valence-electron chi connectivity index (χ4n) is 1.98. The zero-order chi connectivity index (χ0) is 17.1. The number of aryl methyl sites for hydroxylation is 1. The van der Waals surface area contributed by atoms with E-state index < -0.39 is 5.91 Å². The molecule has 0 aliphatic carbocycles. The molecule has 0 radical (unpaired) electrons. The molecule has 3 aromatic rings. The predicted octanol–water partition coefficient (Wildman–Crippen LogP) is 5.33. The molecule has 0 saturated heterocycles. The molecule has 0 saturated carbocycles. The molecule has 1 amide bonds. The maximum atomic E-state index is 12.2. The van der Waals surface area contributed by atoms with E-state index in [1.54, 1.807) is 55.5 Å². The summed E-state index contributed by atoms with van der Waals surface area (Å²) in [6.45, 7) is 1.71. The summed E-state index contributed by atoms with van der Waals surface area (Å²) in [6.07, 6.45) is 0. The number of aromatic nitrogens is 1. The summed E-state index contributed by atoms with van der Waals surface area (Å²) >= 11 is 11.9. The third kappa shape index (κ3) is 3.88. The van der Waals surface area contributed by atoms with Crippen LogP contribution in [0.2, 0.25) is 10.0 Å². The molecule has 5 nitrogen and oxygen atoms in total. The lowest BCUT2D eigenvalue weighted by Gasteiger charge is -2.12. The highest BCUT2D eigenvalue weighted by atomic mass is 35.5. The predicted molar refractivity (Wildman–Crippen MR) is 92.2 cm³/mol. The topological polar surface area (TPSA) is 64.4 Å². The largest absolute Gasteiger partial charge is 0.455 e. The Morgan fingerprint density at radius 3 is 2.46 bits per heavy atom. The first kappa shape index (κ1) is 16.4. The number of halogens is 2. The zero-order valence-electron chi connectivity index (χ0n) is 12.5. The van der Waals surface area contributed by atoms with Crippen LogP contribution < -0.4 is 10.1 Å². The van der Waals surface area contributed by atoms with Gasteiger partial charge >= 0.3 is 0 Å². The van der Waals surface area contributed by atoms with E-state index in [1.165, 1.54) is 0 Å². The van der Waals surface area contributed by atoms with Crippen LogP contribution in [0.3, 0.4) is 0 Å². The minimum atomic E-state index is -0.421. The molecule has 0 spiro atoms. The number of rotatable bonds is 4. The molecule has 0 atom stereocenters. The van der Waals surface area contributed by atoms with E-state index in [2.05, 4.69) is 10.5 Å². The van der Waals surface area contributed by atoms with Crippen LogP contribution in [0.4, 0.5) is 5.69 Å². The van der Waals surface area contributed by atoms with E-state index in [-0.39, 0.29) is 5.69 Å². The van der Waals surface area contributed by atoms with Gasteiger partial charge in [0.15, 0.2) is 11.4 Å². The van der Waals surface area contributed by atoms with Crippen molar-refractivity contribution in [1.82, 2.24) is 5.16 Å². The van der Waals surface area contributed by atoms with Crippen LogP contribution in [0, 0.1) is 6.92 Å². The highest BCUT2D eigenvalue weighted by molar-refractivity contribution is 6.31. The van der Waals surface area contributed by atoms with Gasteiger partial charge in [0.2, 0.25) is 0 Å². The number of nitrogens with zero attached hydrogens (tertiary/aromatic N) is 1. The molecule has 7 heteroatoms. The number of anilines is 1. The monoisotopic (exact) mass is 362 g/mol. The fraction of sp³-hybridized carbons (Fsp3) is 0.0588. The third-order valence-electron chi connectivity index (χ3n) is 3.09. The third-order valence-corrected chi connectivity index (χ3v) is 3.58. The van der Waals surface area contributed by atoms with Gasteiger partial charge in [-0.05, 0) is 49.4 Å². The Labute approximate surface area is 148 Å². The Hall–Kier alpha value is -2.50. The fourth-order valence-corrected chi connectivity index (χ4v) is 2.28. The van der Waals surface area contributed by atoms with Crippen LogP contribution in [0.15, 0.2) is 53.1 Å². The first-order valence-corrected chi connectivity index (χ1v) is 7.74. The molecule has 1 aromatic heterocycles. The van der Waals surface area contributed by atoms with Crippen LogP contribution in [-0.4, -0.2) is 11.1 Å². The molecule has 122 valence electrons. The van der Waals surface area contributed by atoms with Gasteiger partial charge in [-0.2, -0.15) is 0 Å². The van der Waals surface area contributed by atoms with Crippen molar-refractivity contribution >= 4 is 34.8 Å². The van der Waals surface area contributed by atoms with E-state index in [4.69, 9.17) is 32.5 Å². The van der Waals surface area contributed by atoms with E-state index in [0.29, 0.717) is 33.0 Å². The molecule has 0 fully saturated rings. The van der Waals surface area contributed by atoms with Crippen molar-refractivity contribution in [2.75, 3.05) is 5.32 Å². The van der Waals surface area contributed by atoms with Crippen molar-refractivity contribution in [2.45, 2.75) is 6.92 Å². The number of carbonyl (C=O) groups is 1. The van der Waals surface area contributed by atoms with Crippen LogP contribution in [0.25, 0.3) is 0 Å². The van der Waals surface area contributed by atoms with E-state index >= 15 is 0 Å². The number of hydrogen-bond donors (Lipinski definition) is 1. The summed E-state index contributed by atoms with van der Waals surface area (Å²) in [5.74, 6) is 1.14. The zero-order valence-corrected chi connectivity index (χ0v) is 14.1. The van der Waals surface area contributed by atoms with Crippen molar-refractivity contribution < 1.29 is 14.1 Å². The summed E-state index contributed by atoms with van der Waals surface area (Å²) in [5.41, 5.74) is 0.591. The smallest absolute Gasteiger partial charge is 0.277 e. The second-order valence-electron chi connectivity index (χ2n) is 4.97. The van der Waals surface area contributed by atoms with Gasteiger partial charge in [-0.1, -0.05) is 28.4 Å². The van der Waals surface area contributed by atoms with Gasteiger partial charge < -0.3 is 14.6 Å². The Balaban J connectivity index is 1.85. The van der Waals surface area contributed by atoms with E-state index in [9.17, 15) is 4.79 Å². The summed E-state index contributed by atoms with van der Waals surface area (Å²) in [5, 5.41) is 7.47. The summed E-state index contributed by atoms with van der Waals surface area (Å²) in [6, 6.07) is 13.3. The van der Waals surface area contributed by atoms with Crippen molar-refractivity contribution in [1.29, 1.82) is 0 Å². The molecule has 0 aliphatic heterocycles.